The van der Waals surface area contributed by atoms with E-state index in [0.717, 1.165) is 13.8 Å². The molecule has 0 saturated carbocycles. The molecule has 0 aliphatic carbocycles. The van der Waals surface area contributed by atoms with Gasteiger partial charge in [0.25, 0.3) is 0 Å². The predicted molar refractivity (Wildman–Crippen MR) is 68.3 cm³/mol. The molecular weight excluding hydrogens is 308 g/mol. The summed E-state index contributed by atoms with van der Waals surface area (Å²) < 4.78 is 20.0. The van der Waals surface area contributed by atoms with Gasteiger partial charge in [0, 0.05) is 20.8 Å². The quantitative estimate of drug-likeness (QED) is 0.428. The molecule has 1 aliphatic heterocycles. The van der Waals surface area contributed by atoms with E-state index >= 15 is 0 Å². The van der Waals surface area contributed by atoms with Crippen molar-refractivity contribution in [3.8, 4) is 0 Å². The maximum absolute atomic E-state index is 11.2. The zero-order valence-electron chi connectivity index (χ0n) is 11.8. The molecule has 8 nitrogen and oxygen atoms in total. The highest BCUT2D eigenvalue weighted by molar-refractivity contribution is 6.21. The molecule has 1 rings (SSSR count). The molecule has 5 atom stereocenters. The van der Waals surface area contributed by atoms with Crippen molar-refractivity contribution >= 4 is 29.5 Å². The summed E-state index contributed by atoms with van der Waals surface area (Å²) in [6.07, 6.45) is -4.70. The lowest BCUT2D eigenvalue weighted by atomic mass is 10.0. The maximum atomic E-state index is 11.2. The van der Waals surface area contributed by atoms with Crippen molar-refractivity contribution in [2.24, 2.45) is 0 Å². The Hall–Kier alpha value is -1.38. The molecule has 1 aliphatic rings. The molecule has 21 heavy (non-hydrogen) atoms. The van der Waals surface area contributed by atoms with Crippen molar-refractivity contribution in [1.82, 2.24) is 0 Å². The predicted octanol–water partition coefficient (Wildman–Crippen LogP) is -0.263. The molecule has 0 bridgehead atoms. The van der Waals surface area contributed by atoms with Crippen LogP contribution in [0.5, 0.6) is 0 Å². The SMILES string of the molecule is CC(=O)OC[C@H]1O[C@@H](O)[C@@H](Cl)[C@@H](OC(C)=O)[C@@H]1OC(C)=O. The third kappa shape index (κ3) is 5.14. The van der Waals surface area contributed by atoms with Crippen LogP contribution in [0, 0.1) is 0 Å². The smallest absolute Gasteiger partial charge is 0.303 e. The minimum absolute atomic E-state index is 0.286. The Kier molecular flexibility index (Phi) is 6.38. The van der Waals surface area contributed by atoms with Crippen LogP contribution in [0.4, 0.5) is 0 Å². The Bertz CT molecular complexity index is 412. The minimum Gasteiger partial charge on any atom is -0.463 e. The van der Waals surface area contributed by atoms with E-state index in [-0.39, 0.29) is 6.61 Å². The summed E-state index contributed by atoms with van der Waals surface area (Å²) in [5.41, 5.74) is 0. The summed E-state index contributed by atoms with van der Waals surface area (Å²) in [5, 5.41) is 8.59. The number of carbonyl (C=O) groups excluding carboxylic acids is 3. The second-order valence-electron chi connectivity index (χ2n) is 4.46. The van der Waals surface area contributed by atoms with Crippen molar-refractivity contribution in [2.45, 2.75) is 50.8 Å². The minimum atomic E-state index is -1.47. The highest BCUT2D eigenvalue weighted by Crippen LogP contribution is 2.29. The summed E-state index contributed by atoms with van der Waals surface area (Å²) >= 11 is 5.93. The number of carbonyl (C=O) groups is 3. The van der Waals surface area contributed by atoms with Gasteiger partial charge in [-0.25, -0.2) is 0 Å². The van der Waals surface area contributed by atoms with Gasteiger partial charge in [-0.3, -0.25) is 14.4 Å². The van der Waals surface area contributed by atoms with Crippen LogP contribution in [0.2, 0.25) is 0 Å². The van der Waals surface area contributed by atoms with Crippen molar-refractivity contribution in [3.05, 3.63) is 0 Å². The highest BCUT2D eigenvalue weighted by Gasteiger charge is 2.49. The van der Waals surface area contributed by atoms with Gasteiger partial charge < -0.3 is 24.1 Å². The van der Waals surface area contributed by atoms with Crippen LogP contribution >= 0.6 is 11.6 Å². The van der Waals surface area contributed by atoms with E-state index in [2.05, 4.69) is 0 Å². The van der Waals surface area contributed by atoms with Crippen LogP contribution < -0.4 is 0 Å². The van der Waals surface area contributed by atoms with Crippen LogP contribution in [0.1, 0.15) is 20.8 Å². The molecule has 1 heterocycles. The van der Waals surface area contributed by atoms with Gasteiger partial charge in [-0.2, -0.15) is 0 Å². The molecule has 0 aromatic rings. The summed E-state index contributed by atoms with van der Waals surface area (Å²) in [7, 11) is 0. The first-order valence-corrected chi connectivity index (χ1v) is 6.61. The summed E-state index contributed by atoms with van der Waals surface area (Å²) in [6, 6.07) is 0. The van der Waals surface area contributed by atoms with E-state index in [9.17, 15) is 19.5 Å². The third-order valence-corrected chi connectivity index (χ3v) is 3.11. The van der Waals surface area contributed by atoms with Gasteiger partial charge in [0.2, 0.25) is 0 Å². The number of alkyl halides is 1. The summed E-state index contributed by atoms with van der Waals surface area (Å²) in [6.45, 7) is 3.21. The van der Waals surface area contributed by atoms with Crippen molar-refractivity contribution in [3.63, 3.8) is 0 Å². The van der Waals surface area contributed by atoms with Crippen molar-refractivity contribution in [1.29, 1.82) is 0 Å². The Morgan fingerprint density at radius 1 is 1.05 bits per heavy atom. The van der Waals surface area contributed by atoms with Crippen LogP contribution in [0.3, 0.4) is 0 Å². The zero-order chi connectivity index (χ0) is 16.2. The third-order valence-electron chi connectivity index (χ3n) is 2.65. The molecular formula is C12H17ClO8. The van der Waals surface area contributed by atoms with E-state index in [1.54, 1.807) is 0 Å². The Labute approximate surface area is 126 Å². The topological polar surface area (TPSA) is 108 Å². The fourth-order valence-corrected chi connectivity index (χ4v) is 2.13. The molecule has 0 radical (unpaired) electrons. The van der Waals surface area contributed by atoms with E-state index in [1.807, 2.05) is 0 Å². The Balaban J connectivity index is 2.94. The number of rotatable bonds is 4. The molecule has 1 N–H and O–H groups in total. The molecule has 0 aromatic carbocycles. The van der Waals surface area contributed by atoms with E-state index in [0.29, 0.717) is 0 Å². The number of halogens is 1. The second-order valence-corrected chi connectivity index (χ2v) is 4.96. The van der Waals surface area contributed by atoms with E-state index in [4.69, 9.17) is 30.5 Å². The highest BCUT2D eigenvalue weighted by atomic mass is 35.5. The zero-order valence-corrected chi connectivity index (χ0v) is 12.5. The second kappa shape index (κ2) is 7.58. The van der Waals surface area contributed by atoms with Gasteiger partial charge in [0.15, 0.2) is 18.5 Å². The summed E-state index contributed by atoms with van der Waals surface area (Å²) in [4.78, 5) is 33.2. The monoisotopic (exact) mass is 324 g/mol. The first-order chi connectivity index (χ1) is 9.72. The first-order valence-electron chi connectivity index (χ1n) is 6.17. The number of esters is 3. The molecule has 9 heteroatoms. The van der Waals surface area contributed by atoms with Gasteiger partial charge in [-0.1, -0.05) is 0 Å². The van der Waals surface area contributed by atoms with Gasteiger partial charge >= 0.3 is 17.9 Å². The molecule has 0 amide bonds. The lowest BCUT2D eigenvalue weighted by Crippen LogP contribution is -2.59. The standard InChI is InChI=1S/C12H17ClO8/c1-5(14)18-4-8-10(19-6(2)15)11(20-7(3)16)9(13)12(17)21-8/h8-12,17H,4H2,1-3H3/t8-,9+,10-,11-,12-/m1/s1. The number of aliphatic hydroxyl groups excluding tert-OH is 1. The number of ether oxygens (including phenoxy) is 4. The van der Waals surface area contributed by atoms with Crippen LogP contribution in [-0.2, 0) is 33.3 Å². The van der Waals surface area contributed by atoms with Gasteiger partial charge in [0.05, 0.1) is 0 Å². The van der Waals surface area contributed by atoms with Crippen molar-refractivity contribution in [2.75, 3.05) is 6.61 Å². The van der Waals surface area contributed by atoms with Gasteiger partial charge in [0.1, 0.15) is 18.1 Å². The lowest BCUT2D eigenvalue weighted by molar-refractivity contribution is -0.250. The van der Waals surface area contributed by atoms with Gasteiger partial charge in [-0.15, -0.1) is 11.6 Å². The fraction of sp³-hybridized carbons (Fsp3) is 0.750. The normalized spacial score (nSPS) is 32.1. The largest absolute Gasteiger partial charge is 0.463 e. The average molecular weight is 325 g/mol. The maximum Gasteiger partial charge on any atom is 0.303 e. The molecule has 1 saturated heterocycles. The Morgan fingerprint density at radius 3 is 2.05 bits per heavy atom. The summed E-state index contributed by atoms with van der Waals surface area (Å²) in [5.74, 6) is -1.90. The molecule has 0 spiro atoms. The average Bonchev–Trinajstić information content (AvgIpc) is 2.35. The van der Waals surface area contributed by atoms with Crippen LogP contribution in [0.25, 0.3) is 0 Å². The molecule has 0 unspecified atom stereocenters. The first kappa shape index (κ1) is 17.7. The number of aliphatic hydroxyl groups is 1. The van der Waals surface area contributed by atoms with E-state index < -0.39 is 47.9 Å². The van der Waals surface area contributed by atoms with Crippen LogP contribution in [-0.4, -0.2) is 59.6 Å². The van der Waals surface area contributed by atoms with Crippen LogP contribution in [0.15, 0.2) is 0 Å². The molecule has 120 valence electrons. The number of hydrogen-bond acceptors (Lipinski definition) is 8. The lowest BCUT2D eigenvalue weighted by Gasteiger charge is -2.41. The molecule has 0 aromatic heterocycles. The van der Waals surface area contributed by atoms with E-state index in [1.165, 1.54) is 6.92 Å². The van der Waals surface area contributed by atoms with Crippen molar-refractivity contribution < 1.29 is 38.4 Å². The molecule has 1 fully saturated rings. The Morgan fingerprint density at radius 2 is 1.57 bits per heavy atom. The fourth-order valence-electron chi connectivity index (χ4n) is 1.88. The number of hydrogen-bond donors (Lipinski definition) is 1. The van der Waals surface area contributed by atoms with Gasteiger partial charge in [-0.05, 0) is 0 Å².